The summed E-state index contributed by atoms with van der Waals surface area (Å²) >= 11 is 1.42. The lowest BCUT2D eigenvalue weighted by molar-refractivity contribution is 0.382. The molecular weight excluding hydrogens is 312 g/mol. The summed E-state index contributed by atoms with van der Waals surface area (Å²) in [5, 5.41) is 8.57. The fourth-order valence-corrected chi connectivity index (χ4v) is 2.61. The smallest absolute Gasteiger partial charge is 0.277 e. The van der Waals surface area contributed by atoms with Crippen LogP contribution in [-0.4, -0.2) is 20.2 Å². The second-order valence-electron chi connectivity index (χ2n) is 6.19. The lowest BCUT2D eigenvalue weighted by atomic mass is 9.94. The maximum Gasteiger partial charge on any atom is 0.277 e. The molecule has 0 saturated heterocycles. The van der Waals surface area contributed by atoms with Gasteiger partial charge in [0.05, 0.1) is 17.0 Å². The minimum atomic E-state index is -0.0619. The number of oxazole rings is 1. The summed E-state index contributed by atoms with van der Waals surface area (Å²) < 4.78 is 11.5. The Labute approximate surface area is 138 Å². The molecule has 3 heterocycles. The van der Waals surface area contributed by atoms with Gasteiger partial charge in [-0.05, 0) is 19.1 Å². The van der Waals surface area contributed by atoms with E-state index in [0.717, 1.165) is 11.3 Å². The molecule has 0 aromatic carbocycles. The van der Waals surface area contributed by atoms with Gasteiger partial charge < -0.3 is 8.83 Å². The van der Waals surface area contributed by atoms with E-state index in [2.05, 4.69) is 40.9 Å². The van der Waals surface area contributed by atoms with E-state index in [9.17, 15) is 0 Å². The van der Waals surface area contributed by atoms with Crippen LogP contribution in [0, 0.1) is 0 Å². The Hall–Kier alpha value is -2.15. The maximum atomic E-state index is 5.84. The number of thioether (sulfide) groups is 1. The third-order valence-corrected chi connectivity index (χ3v) is 4.12. The molecule has 120 valence electrons. The van der Waals surface area contributed by atoms with Crippen LogP contribution in [0.4, 0.5) is 0 Å². The van der Waals surface area contributed by atoms with Gasteiger partial charge in [0, 0.05) is 17.8 Å². The normalized spacial score (nSPS) is 13.2. The van der Waals surface area contributed by atoms with E-state index in [1.165, 1.54) is 11.8 Å². The summed E-state index contributed by atoms with van der Waals surface area (Å²) in [6, 6.07) is 3.71. The fourth-order valence-electron chi connectivity index (χ4n) is 1.89. The van der Waals surface area contributed by atoms with E-state index in [-0.39, 0.29) is 10.7 Å². The molecule has 1 atom stereocenters. The van der Waals surface area contributed by atoms with Crippen molar-refractivity contribution in [3.63, 3.8) is 0 Å². The zero-order valence-electron chi connectivity index (χ0n) is 13.5. The zero-order valence-corrected chi connectivity index (χ0v) is 14.3. The number of pyridine rings is 1. The molecule has 0 unspecified atom stereocenters. The molecule has 0 N–H and O–H groups in total. The third-order valence-electron chi connectivity index (χ3n) is 3.20. The van der Waals surface area contributed by atoms with Gasteiger partial charge in [-0.3, -0.25) is 4.98 Å². The monoisotopic (exact) mass is 330 g/mol. The van der Waals surface area contributed by atoms with Crippen molar-refractivity contribution in [2.45, 2.75) is 43.6 Å². The average Bonchev–Trinajstić information content (AvgIpc) is 3.17. The van der Waals surface area contributed by atoms with Crippen LogP contribution in [0.25, 0.3) is 11.5 Å². The van der Waals surface area contributed by atoms with E-state index in [1.54, 1.807) is 18.6 Å². The second-order valence-corrected chi connectivity index (χ2v) is 7.48. The van der Waals surface area contributed by atoms with Gasteiger partial charge in [0.15, 0.2) is 0 Å². The van der Waals surface area contributed by atoms with Crippen molar-refractivity contribution in [2.24, 2.45) is 0 Å². The van der Waals surface area contributed by atoms with E-state index in [0.29, 0.717) is 17.0 Å². The van der Waals surface area contributed by atoms with Gasteiger partial charge in [-0.1, -0.05) is 32.5 Å². The molecule has 0 spiro atoms. The number of rotatable bonds is 4. The number of aromatic nitrogens is 4. The minimum Gasteiger partial charge on any atom is -0.444 e. The molecule has 6 nitrogen and oxygen atoms in total. The summed E-state index contributed by atoms with van der Waals surface area (Å²) in [7, 11) is 0. The van der Waals surface area contributed by atoms with Crippen LogP contribution in [-0.2, 0) is 5.41 Å². The van der Waals surface area contributed by atoms with Gasteiger partial charge in [-0.25, -0.2) is 4.98 Å². The SMILES string of the molecule is C[C@@H](Sc1nnc(-c2cccnc2)o1)c1ncc(C(C)(C)C)o1. The molecule has 0 amide bonds. The summed E-state index contributed by atoms with van der Waals surface area (Å²) in [6.07, 6.45) is 5.17. The summed E-state index contributed by atoms with van der Waals surface area (Å²) in [5.41, 5.74) is 0.735. The van der Waals surface area contributed by atoms with Crippen LogP contribution in [0.15, 0.2) is 44.8 Å². The summed E-state index contributed by atoms with van der Waals surface area (Å²) in [5.74, 6) is 1.97. The molecule has 3 rings (SSSR count). The van der Waals surface area contributed by atoms with E-state index >= 15 is 0 Å². The topological polar surface area (TPSA) is 77.8 Å². The first kappa shape index (κ1) is 15.7. The molecule has 0 aliphatic heterocycles. The average molecular weight is 330 g/mol. The van der Waals surface area contributed by atoms with Crippen LogP contribution < -0.4 is 0 Å². The largest absolute Gasteiger partial charge is 0.444 e. The van der Waals surface area contributed by atoms with Crippen molar-refractivity contribution in [2.75, 3.05) is 0 Å². The first-order chi connectivity index (χ1) is 10.9. The van der Waals surface area contributed by atoms with Crippen LogP contribution >= 0.6 is 11.8 Å². The predicted molar refractivity (Wildman–Crippen MR) is 87.0 cm³/mol. The molecule has 0 aliphatic carbocycles. The Bertz CT molecular complexity index is 777. The number of hydrogen-bond donors (Lipinski definition) is 0. The van der Waals surface area contributed by atoms with Gasteiger partial charge in [0.25, 0.3) is 5.22 Å². The molecule has 23 heavy (non-hydrogen) atoms. The number of hydrogen-bond acceptors (Lipinski definition) is 7. The minimum absolute atomic E-state index is 0.0201. The molecule has 0 aliphatic rings. The van der Waals surface area contributed by atoms with Crippen LogP contribution in [0.2, 0.25) is 0 Å². The van der Waals surface area contributed by atoms with E-state index in [1.807, 2.05) is 19.1 Å². The molecule has 3 aromatic heterocycles. The Morgan fingerprint density at radius 3 is 2.61 bits per heavy atom. The predicted octanol–water partition coefficient (Wildman–Crippen LogP) is 4.27. The van der Waals surface area contributed by atoms with E-state index < -0.39 is 0 Å². The lowest BCUT2D eigenvalue weighted by Gasteiger charge is -2.13. The molecule has 0 bridgehead atoms. The summed E-state index contributed by atoms with van der Waals surface area (Å²) in [4.78, 5) is 8.40. The summed E-state index contributed by atoms with van der Waals surface area (Å²) in [6.45, 7) is 8.27. The number of nitrogens with zero attached hydrogens (tertiary/aromatic N) is 4. The van der Waals surface area contributed by atoms with Crippen LogP contribution in [0.1, 0.15) is 44.6 Å². The first-order valence-corrected chi connectivity index (χ1v) is 8.18. The lowest BCUT2D eigenvalue weighted by Crippen LogP contribution is -2.09. The van der Waals surface area contributed by atoms with Crippen LogP contribution in [0.3, 0.4) is 0 Å². The molecule has 0 radical (unpaired) electrons. The van der Waals surface area contributed by atoms with Crippen LogP contribution in [0.5, 0.6) is 0 Å². The Morgan fingerprint density at radius 1 is 1.13 bits per heavy atom. The van der Waals surface area contributed by atoms with Crippen molar-refractivity contribution in [1.82, 2.24) is 20.2 Å². The molecular formula is C16H18N4O2S. The second kappa shape index (κ2) is 6.16. The highest BCUT2D eigenvalue weighted by atomic mass is 32.2. The quantitative estimate of drug-likeness (QED) is 0.661. The fraction of sp³-hybridized carbons (Fsp3) is 0.375. The highest BCUT2D eigenvalue weighted by molar-refractivity contribution is 7.99. The van der Waals surface area contributed by atoms with Gasteiger partial charge in [-0.2, -0.15) is 0 Å². The van der Waals surface area contributed by atoms with Gasteiger partial charge in [0.2, 0.25) is 11.8 Å². The van der Waals surface area contributed by atoms with Crippen molar-refractivity contribution in [1.29, 1.82) is 0 Å². The van der Waals surface area contributed by atoms with Gasteiger partial charge >= 0.3 is 0 Å². The van der Waals surface area contributed by atoms with Crippen molar-refractivity contribution in [3.8, 4) is 11.5 Å². The molecule has 0 fully saturated rings. The highest BCUT2D eigenvalue weighted by Crippen LogP contribution is 2.36. The van der Waals surface area contributed by atoms with Gasteiger partial charge in [0.1, 0.15) is 5.76 Å². The first-order valence-electron chi connectivity index (χ1n) is 7.30. The molecule has 7 heteroatoms. The zero-order chi connectivity index (χ0) is 16.4. The standard InChI is InChI=1S/C16H18N4O2S/c1-10(13-18-9-12(21-13)16(2,3)4)23-15-20-19-14(22-15)11-6-5-7-17-8-11/h5-10H,1-4H3/t10-/m1/s1. The molecule has 3 aromatic rings. The Kier molecular flexibility index (Phi) is 4.21. The van der Waals surface area contributed by atoms with Crippen molar-refractivity contribution >= 4 is 11.8 Å². The highest BCUT2D eigenvalue weighted by Gasteiger charge is 2.23. The molecule has 0 saturated carbocycles. The maximum absolute atomic E-state index is 5.84. The third kappa shape index (κ3) is 3.61. The van der Waals surface area contributed by atoms with E-state index in [4.69, 9.17) is 8.83 Å². The Morgan fingerprint density at radius 2 is 1.96 bits per heavy atom. The van der Waals surface area contributed by atoms with Crippen molar-refractivity contribution < 1.29 is 8.83 Å². The van der Waals surface area contributed by atoms with Crippen molar-refractivity contribution in [3.05, 3.63) is 42.4 Å². The van der Waals surface area contributed by atoms with Gasteiger partial charge in [-0.15, -0.1) is 10.2 Å². The Balaban J connectivity index is 1.72.